The predicted molar refractivity (Wildman–Crippen MR) is 67.6 cm³/mol. The van der Waals surface area contributed by atoms with E-state index in [-0.39, 0.29) is 11.8 Å². The fraction of sp³-hybridized carbons (Fsp3) is 0.385. The van der Waals surface area contributed by atoms with Crippen LogP contribution in [0.3, 0.4) is 0 Å². The summed E-state index contributed by atoms with van der Waals surface area (Å²) in [5.41, 5.74) is 1.93. The zero-order chi connectivity index (χ0) is 13.0. The number of nitrogens with one attached hydrogen (secondary N) is 2. The van der Waals surface area contributed by atoms with Crippen molar-refractivity contribution >= 4 is 17.5 Å². The van der Waals surface area contributed by atoms with Crippen molar-refractivity contribution in [3.8, 4) is 5.75 Å². The lowest BCUT2D eigenvalue weighted by Gasteiger charge is -2.17. The molecule has 0 bridgehead atoms. The van der Waals surface area contributed by atoms with Crippen molar-refractivity contribution in [2.45, 2.75) is 19.3 Å². The smallest absolute Gasteiger partial charge is 0.224 e. The Morgan fingerprint density at radius 2 is 2.28 bits per heavy atom. The highest BCUT2D eigenvalue weighted by Crippen LogP contribution is 2.27. The van der Waals surface area contributed by atoms with E-state index in [1.54, 1.807) is 13.1 Å². The topological polar surface area (TPSA) is 67.4 Å². The molecule has 1 aliphatic heterocycles. The Hall–Kier alpha value is -2.04. The lowest BCUT2D eigenvalue weighted by atomic mass is 10.0. The van der Waals surface area contributed by atoms with E-state index in [2.05, 4.69) is 10.6 Å². The van der Waals surface area contributed by atoms with Crippen molar-refractivity contribution in [1.82, 2.24) is 5.32 Å². The van der Waals surface area contributed by atoms with Gasteiger partial charge < -0.3 is 15.4 Å². The highest BCUT2D eigenvalue weighted by Gasteiger charge is 2.14. The number of hydrogen-bond donors (Lipinski definition) is 2. The highest BCUT2D eigenvalue weighted by molar-refractivity contribution is 5.94. The quantitative estimate of drug-likeness (QED) is 0.838. The monoisotopic (exact) mass is 248 g/mol. The Morgan fingerprint density at radius 1 is 1.44 bits per heavy atom. The van der Waals surface area contributed by atoms with Crippen LogP contribution in [-0.4, -0.2) is 25.5 Å². The molecule has 5 heteroatoms. The zero-order valence-electron chi connectivity index (χ0n) is 10.3. The van der Waals surface area contributed by atoms with Gasteiger partial charge in [-0.25, -0.2) is 0 Å². The first kappa shape index (κ1) is 12.4. The predicted octanol–water partition coefficient (Wildman–Crippen LogP) is 1.09. The van der Waals surface area contributed by atoms with Crippen molar-refractivity contribution in [1.29, 1.82) is 0 Å². The van der Waals surface area contributed by atoms with Crippen molar-refractivity contribution in [3.63, 3.8) is 0 Å². The second kappa shape index (κ2) is 5.53. The maximum absolute atomic E-state index is 11.3. The fourth-order valence-electron chi connectivity index (χ4n) is 1.83. The van der Waals surface area contributed by atoms with E-state index in [0.717, 1.165) is 17.7 Å². The van der Waals surface area contributed by atoms with Crippen molar-refractivity contribution in [2.75, 3.05) is 19.0 Å². The van der Waals surface area contributed by atoms with Crippen LogP contribution in [0.2, 0.25) is 0 Å². The summed E-state index contributed by atoms with van der Waals surface area (Å²) >= 11 is 0. The van der Waals surface area contributed by atoms with Crippen LogP contribution in [0.1, 0.15) is 18.4 Å². The Kier molecular flexibility index (Phi) is 3.82. The standard InChI is InChI=1S/C13H16N2O3/c1-14-12(16)6-7-18-10-4-2-9-3-5-13(17)15-11(9)8-10/h2,4,8H,3,5-7H2,1H3,(H,14,16)(H,15,17). The third kappa shape index (κ3) is 3.00. The number of anilines is 1. The third-order valence-corrected chi connectivity index (χ3v) is 2.85. The first-order chi connectivity index (χ1) is 8.69. The number of benzene rings is 1. The van der Waals surface area contributed by atoms with Gasteiger partial charge in [-0.2, -0.15) is 0 Å². The van der Waals surface area contributed by atoms with Gasteiger partial charge in [0.05, 0.1) is 13.0 Å². The number of aryl methyl sites for hydroxylation is 1. The van der Waals surface area contributed by atoms with Crippen LogP contribution in [0, 0.1) is 0 Å². The normalized spacial score (nSPS) is 13.5. The number of ether oxygens (including phenoxy) is 1. The van der Waals surface area contributed by atoms with Gasteiger partial charge in [-0.1, -0.05) is 6.07 Å². The SMILES string of the molecule is CNC(=O)CCOc1ccc2c(c1)NC(=O)CC2. The lowest BCUT2D eigenvalue weighted by Crippen LogP contribution is -2.20. The first-order valence-corrected chi connectivity index (χ1v) is 5.95. The van der Waals surface area contributed by atoms with Crippen LogP contribution < -0.4 is 15.4 Å². The largest absolute Gasteiger partial charge is 0.493 e. The molecular weight excluding hydrogens is 232 g/mol. The van der Waals surface area contributed by atoms with Crippen LogP contribution in [0.5, 0.6) is 5.75 Å². The molecule has 0 saturated heterocycles. The number of carbonyl (C=O) groups is 2. The maximum atomic E-state index is 11.3. The molecular formula is C13H16N2O3. The molecule has 0 radical (unpaired) electrons. The molecule has 0 saturated carbocycles. The molecule has 1 heterocycles. The van der Waals surface area contributed by atoms with Gasteiger partial charge in [-0.3, -0.25) is 9.59 Å². The molecule has 5 nitrogen and oxygen atoms in total. The average Bonchev–Trinajstić information content (AvgIpc) is 2.38. The minimum absolute atomic E-state index is 0.0324. The van der Waals surface area contributed by atoms with E-state index in [1.807, 2.05) is 12.1 Å². The maximum Gasteiger partial charge on any atom is 0.224 e. The number of amides is 2. The minimum Gasteiger partial charge on any atom is -0.493 e. The molecule has 0 aliphatic carbocycles. The molecule has 1 aromatic carbocycles. The van der Waals surface area contributed by atoms with Gasteiger partial charge in [-0.15, -0.1) is 0 Å². The molecule has 96 valence electrons. The molecule has 1 aromatic rings. The first-order valence-electron chi connectivity index (χ1n) is 5.95. The van der Waals surface area contributed by atoms with E-state index in [0.29, 0.717) is 25.2 Å². The summed E-state index contributed by atoms with van der Waals surface area (Å²) in [4.78, 5) is 22.3. The molecule has 0 atom stereocenters. The molecule has 2 rings (SSSR count). The van der Waals surface area contributed by atoms with E-state index in [4.69, 9.17) is 4.74 Å². The summed E-state index contributed by atoms with van der Waals surface area (Å²) in [6, 6.07) is 5.61. The Labute approximate surface area is 106 Å². The number of rotatable bonds is 4. The number of carbonyl (C=O) groups excluding carboxylic acids is 2. The molecule has 0 fully saturated rings. The summed E-state index contributed by atoms with van der Waals surface area (Å²) in [6.07, 6.45) is 1.61. The van der Waals surface area contributed by atoms with Crippen LogP contribution >= 0.6 is 0 Å². The number of hydrogen-bond acceptors (Lipinski definition) is 3. The van der Waals surface area contributed by atoms with Gasteiger partial charge in [-0.05, 0) is 18.1 Å². The Balaban J connectivity index is 1.96. The highest BCUT2D eigenvalue weighted by atomic mass is 16.5. The molecule has 0 aromatic heterocycles. The van der Waals surface area contributed by atoms with Crippen molar-refractivity contribution in [3.05, 3.63) is 23.8 Å². The Bertz CT molecular complexity index is 471. The molecule has 0 unspecified atom stereocenters. The van der Waals surface area contributed by atoms with Crippen LogP contribution in [-0.2, 0) is 16.0 Å². The third-order valence-electron chi connectivity index (χ3n) is 2.85. The minimum atomic E-state index is -0.0544. The summed E-state index contributed by atoms with van der Waals surface area (Å²) in [7, 11) is 1.59. The molecule has 18 heavy (non-hydrogen) atoms. The second-order valence-electron chi connectivity index (χ2n) is 4.14. The second-order valence-corrected chi connectivity index (χ2v) is 4.14. The van der Waals surface area contributed by atoms with E-state index in [9.17, 15) is 9.59 Å². The molecule has 2 N–H and O–H groups in total. The van der Waals surface area contributed by atoms with E-state index >= 15 is 0 Å². The molecule has 0 spiro atoms. The summed E-state index contributed by atoms with van der Waals surface area (Å²) in [6.45, 7) is 0.326. The van der Waals surface area contributed by atoms with E-state index in [1.165, 1.54) is 0 Å². The Morgan fingerprint density at radius 3 is 3.06 bits per heavy atom. The van der Waals surface area contributed by atoms with Gasteiger partial charge in [0.1, 0.15) is 5.75 Å². The van der Waals surface area contributed by atoms with Crippen LogP contribution in [0.4, 0.5) is 5.69 Å². The summed E-state index contributed by atoms with van der Waals surface area (Å²) in [5.74, 6) is 0.645. The van der Waals surface area contributed by atoms with Gasteiger partial charge >= 0.3 is 0 Å². The van der Waals surface area contributed by atoms with E-state index < -0.39 is 0 Å². The van der Waals surface area contributed by atoms with Crippen LogP contribution in [0.15, 0.2) is 18.2 Å². The lowest BCUT2D eigenvalue weighted by molar-refractivity contribution is -0.121. The van der Waals surface area contributed by atoms with Crippen molar-refractivity contribution < 1.29 is 14.3 Å². The van der Waals surface area contributed by atoms with Gasteiger partial charge in [0.15, 0.2) is 0 Å². The van der Waals surface area contributed by atoms with Crippen molar-refractivity contribution in [2.24, 2.45) is 0 Å². The summed E-state index contributed by atoms with van der Waals surface area (Å²) < 4.78 is 5.47. The van der Waals surface area contributed by atoms with Gasteiger partial charge in [0.2, 0.25) is 11.8 Å². The summed E-state index contributed by atoms with van der Waals surface area (Å²) in [5, 5.41) is 5.34. The number of fused-ring (bicyclic) bond motifs is 1. The van der Waals surface area contributed by atoms with Crippen LogP contribution in [0.25, 0.3) is 0 Å². The molecule has 1 aliphatic rings. The van der Waals surface area contributed by atoms with Gasteiger partial charge in [0, 0.05) is 25.2 Å². The fourth-order valence-corrected chi connectivity index (χ4v) is 1.83. The molecule has 2 amide bonds. The average molecular weight is 248 g/mol. The zero-order valence-corrected chi connectivity index (χ0v) is 10.3. The van der Waals surface area contributed by atoms with Gasteiger partial charge in [0.25, 0.3) is 0 Å².